The molecule has 3 N–H and O–H groups in total. The fraction of sp³-hybridized carbons (Fsp3) is 0.750. The smallest absolute Gasteiger partial charge is 0.106 e. The molecule has 0 heterocycles. The summed E-state index contributed by atoms with van der Waals surface area (Å²) >= 11 is 0. The molecule has 3 nitrogen and oxygen atoms in total. The highest BCUT2D eigenvalue weighted by atomic mass is 16.3. The zero-order valence-corrected chi connectivity index (χ0v) is 4.26. The summed E-state index contributed by atoms with van der Waals surface area (Å²) in [7, 11) is 0. The van der Waals surface area contributed by atoms with Crippen molar-refractivity contribution in [1.82, 2.24) is 5.32 Å². The fourth-order valence-electron chi connectivity index (χ4n) is 0.278. The van der Waals surface area contributed by atoms with Crippen LogP contribution in [0.2, 0.25) is 0 Å². The van der Waals surface area contributed by atoms with Gasteiger partial charge in [-0.1, -0.05) is 0 Å². The van der Waals surface area contributed by atoms with E-state index in [-0.39, 0.29) is 0 Å². The third-order valence-corrected chi connectivity index (χ3v) is 0.434. The van der Waals surface area contributed by atoms with Gasteiger partial charge in [0.05, 0.1) is 0 Å². The molecule has 0 spiro atoms. The normalized spacial score (nSPS) is 18.9. The van der Waals surface area contributed by atoms with E-state index in [0.29, 0.717) is 0 Å². The molecule has 0 rings (SSSR count). The molecule has 2 atom stereocenters. The first-order valence-corrected chi connectivity index (χ1v) is 2.08. The second-order valence-corrected chi connectivity index (χ2v) is 1.36. The molecule has 0 aromatic carbocycles. The van der Waals surface area contributed by atoms with Crippen LogP contribution in [-0.2, 0) is 0 Å². The topological polar surface area (TPSA) is 52.5 Å². The molecule has 7 heavy (non-hydrogen) atoms. The quantitative estimate of drug-likeness (QED) is 0.396. The Kier molecular flexibility index (Phi) is 2.91. The number of aliphatic hydroxyl groups is 2. The molecule has 0 fully saturated rings. The highest BCUT2D eigenvalue weighted by Crippen LogP contribution is 1.73. The van der Waals surface area contributed by atoms with Gasteiger partial charge in [-0.25, -0.2) is 0 Å². The Morgan fingerprint density at radius 2 is 2.00 bits per heavy atom. The zero-order chi connectivity index (χ0) is 5.86. The van der Waals surface area contributed by atoms with Gasteiger partial charge in [-0.15, -0.1) is 0 Å². The van der Waals surface area contributed by atoms with E-state index in [1.54, 1.807) is 0 Å². The van der Waals surface area contributed by atoms with Gasteiger partial charge >= 0.3 is 0 Å². The molecule has 1 radical (unpaired) electrons. The molecule has 0 aromatic rings. The number of aliphatic hydroxyl groups excluding tert-OH is 2. The summed E-state index contributed by atoms with van der Waals surface area (Å²) in [5.41, 5.74) is 0. The van der Waals surface area contributed by atoms with Crippen molar-refractivity contribution in [3.63, 3.8) is 0 Å². The van der Waals surface area contributed by atoms with E-state index in [1.165, 1.54) is 6.92 Å². The Balaban J connectivity index is 2.95. The van der Waals surface area contributed by atoms with Crippen LogP contribution in [0.3, 0.4) is 0 Å². The number of hydrogen-bond acceptors (Lipinski definition) is 3. The van der Waals surface area contributed by atoms with Gasteiger partial charge in [0.15, 0.2) is 0 Å². The Labute approximate surface area is 43.0 Å². The third-order valence-electron chi connectivity index (χ3n) is 0.434. The lowest BCUT2D eigenvalue weighted by molar-refractivity contribution is 0.0767. The van der Waals surface area contributed by atoms with Crippen LogP contribution in [0, 0.1) is 6.92 Å². The lowest BCUT2D eigenvalue weighted by Crippen LogP contribution is -2.33. The second-order valence-electron chi connectivity index (χ2n) is 1.36. The van der Waals surface area contributed by atoms with Gasteiger partial charge in [0.2, 0.25) is 0 Å². The predicted molar refractivity (Wildman–Crippen MR) is 26.2 cm³/mol. The maximum absolute atomic E-state index is 8.41. The van der Waals surface area contributed by atoms with Crippen LogP contribution in [0.15, 0.2) is 0 Å². The van der Waals surface area contributed by atoms with Crippen LogP contribution in [0.5, 0.6) is 0 Å². The predicted octanol–water partition coefficient (Wildman–Crippen LogP) is -0.933. The molecule has 0 saturated heterocycles. The van der Waals surface area contributed by atoms with E-state index in [9.17, 15) is 0 Å². The van der Waals surface area contributed by atoms with Crippen molar-refractivity contribution in [1.29, 1.82) is 0 Å². The minimum atomic E-state index is -0.875. The van der Waals surface area contributed by atoms with Crippen molar-refractivity contribution in [2.75, 3.05) is 0 Å². The maximum Gasteiger partial charge on any atom is 0.106 e. The summed E-state index contributed by atoms with van der Waals surface area (Å²) in [5, 5.41) is 19.1. The number of hydrogen-bond donors (Lipinski definition) is 3. The van der Waals surface area contributed by atoms with Crippen molar-refractivity contribution >= 4 is 0 Å². The molecule has 2 unspecified atom stereocenters. The van der Waals surface area contributed by atoms with Crippen molar-refractivity contribution in [3.8, 4) is 0 Å². The standard InChI is InChI=1S/C4H10NO2/c1-3(6)5-4(2)7/h3-7H,1H2,2H3. The third kappa shape index (κ3) is 5.88. The van der Waals surface area contributed by atoms with Crippen LogP contribution in [0.1, 0.15) is 6.92 Å². The van der Waals surface area contributed by atoms with E-state index in [1.807, 2.05) is 0 Å². The highest BCUT2D eigenvalue weighted by molar-refractivity contribution is 4.52. The van der Waals surface area contributed by atoms with Crippen molar-refractivity contribution in [3.05, 3.63) is 6.92 Å². The molecule has 0 bridgehead atoms. The number of nitrogens with one attached hydrogen (secondary N) is 1. The van der Waals surface area contributed by atoms with Gasteiger partial charge < -0.3 is 10.2 Å². The van der Waals surface area contributed by atoms with E-state index >= 15 is 0 Å². The minimum absolute atomic E-state index is 0.688. The monoisotopic (exact) mass is 104 g/mol. The molecule has 0 aliphatic heterocycles. The van der Waals surface area contributed by atoms with Gasteiger partial charge in [0.25, 0.3) is 0 Å². The molecule has 3 heteroatoms. The summed E-state index contributed by atoms with van der Waals surface area (Å²) in [6, 6.07) is 0. The summed E-state index contributed by atoms with van der Waals surface area (Å²) in [6.07, 6.45) is -1.56. The van der Waals surface area contributed by atoms with Gasteiger partial charge in [0.1, 0.15) is 12.5 Å². The SMILES string of the molecule is [CH2]C(O)NC(C)O. The van der Waals surface area contributed by atoms with Gasteiger partial charge in [-0.05, 0) is 13.8 Å². The lowest BCUT2D eigenvalue weighted by atomic mass is 10.6. The highest BCUT2D eigenvalue weighted by Gasteiger charge is 1.95. The first-order chi connectivity index (χ1) is 3.13. The lowest BCUT2D eigenvalue weighted by Gasteiger charge is -2.07. The van der Waals surface area contributed by atoms with Gasteiger partial charge in [-0.3, -0.25) is 5.32 Å². The van der Waals surface area contributed by atoms with Crippen LogP contribution in [-0.4, -0.2) is 22.7 Å². The van der Waals surface area contributed by atoms with Crippen molar-refractivity contribution in [2.45, 2.75) is 19.4 Å². The average Bonchev–Trinajstić information content (AvgIpc) is 1.27. The Morgan fingerprint density at radius 1 is 1.57 bits per heavy atom. The molecular formula is C4H10NO2. The molecular weight excluding hydrogens is 94.0 g/mol. The molecule has 0 saturated carbocycles. The van der Waals surface area contributed by atoms with E-state index < -0.39 is 12.5 Å². The second kappa shape index (κ2) is 2.96. The molecule has 0 amide bonds. The van der Waals surface area contributed by atoms with Crippen LogP contribution >= 0.6 is 0 Å². The molecule has 0 aliphatic carbocycles. The van der Waals surface area contributed by atoms with Crippen LogP contribution in [0.4, 0.5) is 0 Å². The molecule has 0 aromatic heterocycles. The fourth-order valence-corrected chi connectivity index (χ4v) is 0.278. The van der Waals surface area contributed by atoms with E-state index in [0.717, 1.165) is 0 Å². The van der Waals surface area contributed by atoms with Crippen LogP contribution in [0.25, 0.3) is 0 Å². The van der Waals surface area contributed by atoms with Crippen molar-refractivity contribution < 1.29 is 10.2 Å². The molecule has 43 valence electrons. The summed E-state index contributed by atoms with van der Waals surface area (Å²) in [5.74, 6) is 0. The van der Waals surface area contributed by atoms with Crippen molar-refractivity contribution in [2.24, 2.45) is 0 Å². The number of rotatable bonds is 2. The Bertz CT molecular complexity index is 39.0. The zero-order valence-electron chi connectivity index (χ0n) is 4.26. The first-order valence-electron chi connectivity index (χ1n) is 2.08. The minimum Gasteiger partial charge on any atom is -0.379 e. The van der Waals surface area contributed by atoms with Gasteiger partial charge in [0, 0.05) is 0 Å². The van der Waals surface area contributed by atoms with Crippen LogP contribution < -0.4 is 5.32 Å². The summed E-state index contributed by atoms with van der Waals surface area (Å²) < 4.78 is 0. The Hall–Kier alpha value is -0.120. The maximum atomic E-state index is 8.41. The van der Waals surface area contributed by atoms with E-state index in [4.69, 9.17) is 10.2 Å². The molecule has 0 aliphatic rings. The average molecular weight is 104 g/mol. The Morgan fingerprint density at radius 3 is 2.00 bits per heavy atom. The van der Waals surface area contributed by atoms with E-state index in [2.05, 4.69) is 12.2 Å². The summed E-state index contributed by atoms with van der Waals surface area (Å²) in [4.78, 5) is 0. The first kappa shape index (κ1) is 6.88. The largest absolute Gasteiger partial charge is 0.379 e. The van der Waals surface area contributed by atoms with Gasteiger partial charge in [-0.2, -0.15) is 0 Å². The summed E-state index contributed by atoms with van der Waals surface area (Å²) in [6.45, 7) is 4.67.